The maximum absolute atomic E-state index is 12.8. The lowest BCUT2D eigenvalue weighted by Gasteiger charge is -2.42. The smallest absolute Gasteiger partial charge is 0.178 e. The average Bonchev–Trinajstić information content (AvgIpc) is 2.39. The summed E-state index contributed by atoms with van der Waals surface area (Å²) in [4.78, 5) is 15.0. The van der Waals surface area contributed by atoms with E-state index in [9.17, 15) is 4.79 Å². The zero-order chi connectivity index (χ0) is 12.3. The summed E-state index contributed by atoms with van der Waals surface area (Å²) >= 11 is 0. The lowest BCUT2D eigenvalue weighted by Crippen LogP contribution is -2.53. The molecule has 1 saturated carbocycles. The minimum absolute atomic E-state index is 0.179. The zero-order valence-electron chi connectivity index (χ0n) is 11.3. The zero-order valence-corrected chi connectivity index (χ0v) is 11.3. The van der Waals surface area contributed by atoms with Crippen molar-refractivity contribution in [2.45, 2.75) is 63.3 Å². The molecule has 2 aliphatic carbocycles. The summed E-state index contributed by atoms with van der Waals surface area (Å²) in [6, 6.07) is 0. The van der Waals surface area contributed by atoms with E-state index in [1.54, 1.807) is 0 Å². The molecule has 0 atom stereocenters. The van der Waals surface area contributed by atoms with Crippen molar-refractivity contribution in [3.63, 3.8) is 0 Å². The molecule has 1 fully saturated rings. The number of Topliss-reactive ketones (excluding diaryl/α,β-unsaturated/α-hetero) is 1. The van der Waals surface area contributed by atoms with E-state index in [0.717, 1.165) is 31.3 Å². The Kier molecular flexibility index (Phi) is 4.03. The first-order valence-electron chi connectivity index (χ1n) is 7.08. The molecule has 17 heavy (non-hydrogen) atoms. The van der Waals surface area contributed by atoms with E-state index in [0.29, 0.717) is 5.78 Å². The summed E-state index contributed by atoms with van der Waals surface area (Å²) in [6.45, 7) is 0. The van der Waals surface area contributed by atoms with E-state index in [1.807, 2.05) is 0 Å². The Morgan fingerprint density at radius 2 is 1.82 bits per heavy atom. The topological polar surface area (TPSA) is 20.3 Å². The number of rotatable bonds is 3. The maximum atomic E-state index is 12.8. The van der Waals surface area contributed by atoms with Crippen molar-refractivity contribution >= 4 is 5.78 Å². The van der Waals surface area contributed by atoms with Crippen LogP contribution in [0.3, 0.4) is 0 Å². The van der Waals surface area contributed by atoms with Crippen LogP contribution in [-0.4, -0.2) is 30.3 Å². The fraction of sp³-hybridized carbons (Fsp3) is 0.800. The van der Waals surface area contributed by atoms with Crippen LogP contribution >= 0.6 is 0 Å². The molecule has 0 aromatic heterocycles. The normalized spacial score (nSPS) is 24.5. The second kappa shape index (κ2) is 5.34. The number of allylic oxidation sites excluding steroid dienone is 1. The molecule has 0 aromatic carbocycles. The highest BCUT2D eigenvalue weighted by molar-refractivity contribution is 6.02. The summed E-state index contributed by atoms with van der Waals surface area (Å²) in [6.07, 6.45) is 12.6. The summed E-state index contributed by atoms with van der Waals surface area (Å²) in [5, 5.41) is 0. The second-order valence-electron chi connectivity index (χ2n) is 5.79. The van der Waals surface area contributed by atoms with Gasteiger partial charge in [0.15, 0.2) is 5.78 Å². The van der Waals surface area contributed by atoms with Crippen LogP contribution in [0.1, 0.15) is 57.8 Å². The molecule has 2 nitrogen and oxygen atoms in total. The van der Waals surface area contributed by atoms with Crippen molar-refractivity contribution in [3.8, 4) is 0 Å². The van der Waals surface area contributed by atoms with Gasteiger partial charge in [-0.1, -0.05) is 25.3 Å². The van der Waals surface area contributed by atoms with Gasteiger partial charge in [-0.3, -0.25) is 9.69 Å². The number of carbonyl (C=O) groups is 1. The Hall–Kier alpha value is -0.630. The third-order valence-electron chi connectivity index (χ3n) is 4.54. The highest BCUT2D eigenvalue weighted by Crippen LogP contribution is 2.36. The molecule has 0 N–H and O–H groups in total. The van der Waals surface area contributed by atoms with Crippen LogP contribution in [0.15, 0.2) is 11.6 Å². The van der Waals surface area contributed by atoms with E-state index in [1.165, 1.54) is 32.1 Å². The molecular formula is C15H25NO. The highest BCUT2D eigenvalue weighted by atomic mass is 16.1. The molecule has 0 heterocycles. The van der Waals surface area contributed by atoms with Gasteiger partial charge in [0.05, 0.1) is 5.54 Å². The molecule has 2 aliphatic rings. The first-order valence-corrected chi connectivity index (χ1v) is 7.08. The van der Waals surface area contributed by atoms with E-state index in [-0.39, 0.29) is 5.54 Å². The molecule has 0 saturated heterocycles. The SMILES string of the molecule is CN(C)C1(C(=O)C2=CCCCC2)CCCCC1. The van der Waals surface area contributed by atoms with Gasteiger partial charge >= 0.3 is 0 Å². The summed E-state index contributed by atoms with van der Waals surface area (Å²) < 4.78 is 0. The molecule has 0 aliphatic heterocycles. The molecule has 0 aromatic rings. The number of carbonyl (C=O) groups excluding carboxylic acids is 1. The molecule has 0 bridgehead atoms. The van der Waals surface area contributed by atoms with Gasteiger partial charge in [0.2, 0.25) is 0 Å². The number of likely N-dealkylation sites (N-methyl/N-ethyl adjacent to an activating group) is 1. The van der Waals surface area contributed by atoms with Crippen LogP contribution in [0, 0.1) is 0 Å². The van der Waals surface area contributed by atoms with Crippen molar-refractivity contribution in [1.29, 1.82) is 0 Å². The summed E-state index contributed by atoms with van der Waals surface area (Å²) in [5.74, 6) is 0.432. The Labute approximate surface area is 105 Å². The van der Waals surface area contributed by atoms with Crippen LogP contribution in [0.5, 0.6) is 0 Å². The van der Waals surface area contributed by atoms with E-state index in [2.05, 4.69) is 25.1 Å². The third-order valence-corrected chi connectivity index (χ3v) is 4.54. The fourth-order valence-corrected chi connectivity index (χ4v) is 3.36. The van der Waals surface area contributed by atoms with Crippen LogP contribution in [-0.2, 0) is 4.79 Å². The maximum Gasteiger partial charge on any atom is 0.178 e. The Balaban J connectivity index is 2.20. The first kappa shape index (κ1) is 12.8. The average molecular weight is 235 g/mol. The Morgan fingerprint density at radius 1 is 1.12 bits per heavy atom. The van der Waals surface area contributed by atoms with Crippen molar-refractivity contribution in [3.05, 3.63) is 11.6 Å². The van der Waals surface area contributed by atoms with Gasteiger partial charge in [-0.2, -0.15) is 0 Å². The molecule has 0 amide bonds. The van der Waals surface area contributed by atoms with Crippen molar-refractivity contribution in [2.75, 3.05) is 14.1 Å². The van der Waals surface area contributed by atoms with Crippen molar-refractivity contribution in [2.24, 2.45) is 0 Å². The quantitative estimate of drug-likeness (QED) is 0.748. The second-order valence-corrected chi connectivity index (χ2v) is 5.79. The van der Waals surface area contributed by atoms with Crippen LogP contribution < -0.4 is 0 Å². The number of nitrogens with zero attached hydrogens (tertiary/aromatic N) is 1. The predicted molar refractivity (Wildman–Crippen MR) is 71.1 cm³/mol. The molecule has 2 rings (SSSR count). The van der Waals surface area contributed by atoms with E-state index >= 15 is 0 Å². The van der Waals surface area contributed by atoms with Gasteiger partial charge in [-0.15, -0.1) is 0 Å². The molecule has 96 valence electrons. The van der Waals surface area contributed by atoms with Crippen LogP contribution in [0.4, 0.5) is 0 Å². The number of hydrogen-bond donors (Lipinski definition) is 0. The molecule has 0 spiro atoms. The van der Waals surface area contributed by atoms with Gasteiger partial charge in [0, 0.05) is 0 Å². The molecule has 0 unspecified atom stereocenters. The highest BCUT2D eigenvalue weighted by Gasteiger charge is 2.42. The van der Waals surface area contributed by atoms with Crippen LogP contribution in [0.25, 0.3) is 0 Å². The molecular weight excluding hydrogens is 210 g/mol. The number of hydrogen-bond acceptors (Lipinski definition) is 2. The van der Waals surface area contributed by atoms with Gasteiger partial charge in [-0.05, 0) is 58.2 Å². The van der Waals surface area contributed by atoms with Gasteiger partial charge in [0.25, 0.3) is 0 Å². The molecule has 0 radical (unpaired) electrons. The summed E-state index contributed by atoms with van der Waals surface area (Å²) in [7, 11) is 4.15. The first-order chi connectivity index (χ1) is 8.17. The van der Waals surface area contributed by atoms with E-state index < -0.39 is 0 Å². The monoisotopic (exact) mass is 235 g/mol. The minimum atomic E-state index is -0.179. The Morgan fingerprint density at radius 3 is 2.35 bits per heavy atom. The predicted octanol–water partition coefficient (Wildman–Crippen LogP) is 3.32. The van der Waals surface area contributed by atoms with Gasteiger partial charge < -0.3 is 0 Å². The standard InChI is InChI=1S/C15H25NO/c1-16(2)15(11-7-4-8-12-15)14(17)13-9-5-3-6-10-13/h9H,3-8,10-12H2,1-2H3. The minimum Gasteiger partial charge on any atom is -0.297 e. The van der Waals surface area contributed by atoms with Crippen molar-refractivity contribution < 1.29 is 4.79 Å². The number of ketones is 1. The van der Waals surface area contributed by atoms with Gasteiger partial charge in [0.1, 0.15) is 0 Å². The van der Waals surface area contributed by atoms with E-state index in [4.69, 9.17) is 0 Å². The van der Waals surface area contributed by atoms with Crippen LogP contribution in [0.2, 0.25) is 0 Å². The fourth-order valence-electron chi connectivity index (χ4n) is 3.36. The Bertz CT molecular complexity index is 311. The lowest BCUT2D eigenvalue weighted by atomic mass is 9.74. The van der Waals surface area contributed by atoms with Crippen molar-refractivity contribution in [1.82, 2.24) is 4.90 Å². The third kappa shape index (κ3) is 2.47. The van der Waals surface area contributed by atoms with Gasteiger partial charge in [-0.25, -0.2) is 0 Å². The molecule has 2 heteroatoms. The largest absolute Gasteiger partial charge is 0.297 e. The lowest BCUT2D eigenvalue weighted by molar-refractivity contribution is -0.128. The summed E-state index contributed by atoms with van der Waals surface area (Å²) in [5.41, 5.74) is 0.938.